The lowest BCUT2D eigenvalue weighted by Crippen LogP contribution is -2.49. The largest absolute Gasteiger partial charge is 0.481 e. The maximum Gasteiger partial charge on any atom is 0.309 e. The van der Waals surface area contributed by atoms with Crippen molar-refractivity contribution in [3.05, 3.63) is 35.9 Å². The molecule has 0 spiro atoms. The van der Waals surface area contributed by atoms with Crippen LogP contribution in [0.3, 0.4) is 0 Å². The molecule has 0 radical (unpaired) electrons. The van der Waals surface area contributed by atoms with Crippen LogP contribution in [0.1, 0.15) is 12.5 Å². The molecule has 1 aromatic rings. The van der Waals surface area contributed by atoms with E-state index < -0.39 is 23.9 Å². The number of nitrogens with zero attached hydrogens (tertiary/aromatic N) is 2. The Morgan fingerprint density at radius 3 is 2.90 bits per heavy atom. The highest BCUT2D eigenvalue weighted by Crippen LogP contribution is 2.16. The SMILES string of the molecule is CC(C(=O)O)[C@H]1OCCN(N=CCc2ccccc2)C1=O. The first-order chi connectivity index (χ1) is 10.1. The second-order valence-corrected chi connectivity index (χ2v) is 4.87. The number of benzene rings is 1. The van der Waals surface area contributed by atoms with Gasteiger partial charge in [0.05, 0.1) is 19.1 Å². The number of amides is 1. The molecule has 0 aliphatic carbocycles. The van der Waals surface area contributed by atoms with Gasteiger partial charge in [-0.1, -0.05) is 30.3 Å². The molecule has 1 fully saturated rings. The van der Waals surface area contributed by atoms with E-state index in [4.69, 9.17) is 9.84 Å². The van der Waals surface area contributed by atoms with E-state index in [1.165, 1.54) is 11.9 Å². The molecule has 1 amide bonds. The Labute approximate surface area is 123 Å². The lowest BCUT2D eigenvalue weighted by atomic mass is 10.0. The molecule has 0 bridgehead atoms. The van der Waals surface area contributed by atoms with Gasteiger partial charge in [0.2, 0.25) is 0 Å². The molecule has 2 atom stereocenters. The molecule has 6 nitrogen and oxygen atoms in total. The van der Waals surface area contributed by atoms with Crippen molar-refractivity contribution < 1.29 is 19.4 Å². The van der Waals surface area contributed by atoms with Crippen LogP contribution in [-0.4, -0.2) is 47.5 Å². The summed E-state index contributed by atoms with van der Waals surface area (Å²) in [5.41, 5.74) is 1.09. The zero-order valence-corrected chi connectivity index (χ0v) is 11.8. The standard InChI is InChI=1S/C15H18N2O4/c1-11(15(19)20)13-14(18)17(9-10-21-13)16-8-7-12-5-3-2-4-6-12/h2-6,8,11,13H,7,9-10H2,1H3,(H,19,20)/t11?,13-/m1/s1. The highest BCUT2D eigenvalue weighted by molar-refractivity contribution is 5.87. The Kier molecular flexibility index (Phi) is 5.05. The Balaban J connectivity index is 1.96. The monoisotopic (exact) mass is 290 g/mol. The summed E-state index contributed by atoms with van der Waals surface area (Å²) in [6, 6.07) is 9.76. The van der Waals surface area contributed by atoms with Gasteiger partial charge >= 0.3 is 5.97 Å². The summed E-state index contributed by atoms with van der Waals surface area (Å²) in [6.07, 6.45) is 1.30. The lowest BCUT2D eigenvalue weighted by molar-refractivity contribution is -0.166. The van der Waals surface area contributed by atoms with E-state index in [1.807, 2.05) is 30.3 Å². The van der Waals surface area contributed by atoms with E-state index in [0.717, 1.165) is 5.56 Å². The topological polar surface area (TPSA) is 79.2 Å². The zero-order chi connectivity index (χ0) is 15.2. The van der Waals surface area contributed by atoms with Gasteiger partial charge in [0.25, 0.3) is 5.91 Å². The van der Waals surface area contributed by atoms with Crippen LogP contribution in [-0.2, 0) is 20.7 Å². The maximum atomic E-state index is 12.1. The lowest BCUT2D eigenvalue weighted by Gasteiger charge is -2.30. The average Bonchev–Trinajstić information content (AvgIpc) is 2.49. The molecule has 2 rings (SSSR count). The van der Waals surface area contributed by atoms with E-state index in [2.05, 4.69) is 5.10 Å². The smallest absolute Gasteiger partial charge is 0.309 e. The maximum absolute atomic E-state index is 12.1. The molecule has 0 aromatic heterocycles. The third kappa shape index (κ3) is 3.88. The number of hydrogen-bond donors (Lipinski definition) is 1. The minimum atomic E-state index is -1.05. The zero-order valence-electron chi connectivity index (χ0n) is 11.8. The van der Waals surface area contributed by atoms with Crippen molar-refractivity contribution in [3.8, 4) is 0 Å². The van der Waals surface area contributed by atoms with E-state index in [0.29, 0.717) is 13.0 Å². The molecule has 1 aliphatic rings. The summed E-state index contributed by atoms with van der Waals surface area (Å²) in [5.74, 6) is -2.34. The van der Waals surface area contributed by atoms with Crippen LogP contribution < -0.4 is 0 Å². The van der Waals surface area contributed by atoms with Crippen molar-refractivity contribution in [1.82, 2.24) is 5.01 Å². The van der Waals surface area contributed by atoms with Crippen molar-refractivity contribution in [2.75, 3.05) is 13.2 Å². The minimum Gasteiger partial charge on any atom is -0.481 e. The molecular formula is C15H18N2O4. The van der Waals surface area contributed by atoms with Gasteiger partial charge in [-0.2, -0.15) is 5.10 Å². The minimum absolute atomic E-state index is 0.288. The van der Waals surface area contributed by atoms with Gasteiger partial charge in [0.15, 0.2) is 6.10 Å². The summed E-state index contributed by atoms with van der Waals surface area (Å²) in [6.45, 7) is 2.09. The van der Waals surface area contributed by atoms with Gasteiger partial charge in [0, 0.05) is 12.6 Å². The van der Waals surface area contributed by atoms with Crippen molar-refractivity contribution in [2.24, 2.45) is 11.0 Å². The van der Waals surface area contributed by atoms with Gasteiger partial charge < -0.3 is 9.84 Å². The summed E-state index contributed by atoms with van der Waals surface area (Å²) < 4.78 is 5.26. The Hall–Kier alpha value is -2.21. The number of carboxylic acid groups (broad SMARTS) is 1. The number of carbonyl (C=O) groups excluding carboxylic acids is 1. The molecule has 1 aromatic carbocycles. The second-order valence-electron chi connectivity index (χ2n) is 4.87. The fraction of sp³-hybridized carbons (Fsp3) is 0.400. The van der Waals surface area contributed by atoms with Gasteiger partial charge in [0.1, 0.15) is 0 Å². The van der Waals surface area contributed by atoms with Gasteiger partial charge in [-0.25, -0.2) is 5.01 Å². The van der Waals surface area contributed by atoms with E-state index in [-0.39, 0.29) is 6.61 Å². The molecule has 1 aliphatic heterocycles. The summed E-state index contributed by atoms with van der Waals surface area (Å²) >= 11 is 0. The van der Waals surface area contributed by atoms with Crippen LogP contribution in [0, 0.1) is 5.92 Å². The number of carbonyl (C=O) groups is 2. The van der Waals surface area contributed by atoms with Crippen LogP contribution >= 0.6 is 0 Å². The Morgan fingerprint density at radius 2 is 2.24 bits per heavy atom. The molecule has 1 heterocycles. The number of rotatable bonds is 5. The van der Waals surface area contributed by atoms with E-state index in [9.17, 15) is 9.59 Å². The summed E-state index contributed by atoms with van der Waals surface area (Å²) in [7, 11) is 0. The van der Waals surface area contributed by atoms with Crippen molar-refractivity contribution >= 4 is 18.1 Å². The van der Waals surface area contributed by atoms with Crippen LogP contribution in [0.4, 0.5) is 0 Å². The average molecular weight is 290 g/mol. The quantitative estimate of drug-likeness (QED) is 0.825. The first-order valence-corrected chi connectivity index (χ1v) is 6.81. The number of ether oxygens (including phenoxy) is 1. The number of morpholine rings is 1. The molecule has 112 valence electrons. The molecule has 1 saturated heterocycles. The van der Waals surface area contributed by atoms with Crippen LogP contribution in [0.2, 0.25) is 0 Å². The van der Waals surface area contributed by atoms with E-state index in [1.54, 1.807) is 6.21 Å². The number of carboxylic acids is 1. The normalized spacial score (nSPS) is 20.7. The number of aliphatic carboxylic acids is 1. The fourth-order valence-corrected chi connectivity index (χ4v) is 2.06. The van der Waals surface area contributed by atoms with Crippen molar-refractivity contribution in [1.29, 1.82) is 0 Å². The van der Waals surface area contributed by atoms with Crippen LogP contribution in [0.15, 0.2) is 35.4 Å². The molecule has 1 unspecified atom stereocenters. The van der Waals surface area contributed by atoms with Crippen molar-refractivity contribution in [3.63, 3.8) is 0 Å². The highest BCUT2D eigenvalue weighted by Gasteiger charge is 2.37. The van der Waals surface area contributed by atoms with Gasteiger partial charge in [-0.05, 0) is 12.5 Å². The van der Waals surface area contributed by atoms with Crippen LogP contribution in [0.25, 0.3) is 0 Å². The highest BCUT2D eigenvalue weighted by atomic mass is 16.5. The predicted molar refractivity (Wildman–Crippen MR) is 76.9 cm³/mol. The molecule has 21 heavy (non-hydrogen) atoms. The number of hydrazone groups is 1. The van der Waals surface area contributed by atoms with Crippen LogP contribution in [0.5, 0.6) is 0 Å². The summed E-state index contributed by atoms with van der Waals surface area (Å²) in [5, 5.41) is 14.4. The molecular weight excluding hydrogens is 272 g/mol. The first-order valence-electron chi connectivity index (χ1n) is 6.81. The Bertz CT molecular complexity index is 530. The number of hydrogen-bond acceptors (Lipinski definition) is 4. The van der Waals surface area contributed by atoms with Gasteiger partial charge in [-0.15, -0.1) is 0 Å². The predicted octanol–water partition coefficient (Wildman–Crippen LogP) is 1.16. The second kappa shape index (κ2) is 6.99. The molecule has 6 heteroatoms. The third-order valence-electron chi connectivity index (χ3n) is 3.33. The third-order valence-corrected chi connectivity index (χ3v) is 3.33. The molecule has 0 saturated carbocycles. The van der Waals surface area contributed by atoms with Gasteiger partial charge in [-0.3, -0.25) is 9.59 Å². The van der Waals surface area contributed by atoms with E-state index >= 15 is 0 Å². The fourth-order valence-electron chi connectivity index (χ4n) is 2.06. The summed E-state index contributed by atoms with van der Waals surface area (Å²) in [4.78, 5) is 23.1. The van der Waals surface area contributed by atoms with Crippen molar-refractivity contribution in [2.45, 2.75) is 19.4 Å². The molecule has 1 N–H and O–H groups in total. The first kappa shape index (κ1) is 15.2. The Morgan fingerprint density at radius 1 is 1.52 bits per heavy atom.